The predicted octanol–water partition coefficient (Wildman–Crippen LogP) is 4.16. The standard InChI is InChI=1S/C24H24F2N6O2/c1-2-31-19-4-3-5-20(32(33)34)21(19)22-23(31)24(28-15-27-22)30-12-10-29(11-13-30)9-8-16-6-7-17(25)18(26)14-16/h3-7,14-15H,2,8-13H2,1H3. The number of non-ortho nitro benzene ring substituents is 1. The van der Waals surface area contributed by atoms with Gasteiger partial charge in [0.05, 0.1) is 10.4 Å². The van der Waals surface area contributed by atoms with E-state index >= 15 is 0 Å². The van der Waals surface area contributed by atoms with Crippen LogP contribution in [0.3, 0.4) is 0 Å². The molecule has 176 valence electrons. The van der Waals surface area contributed by atoms with E-state index in [1.165, 1.54) is 24.5 Å². The van der Waals surface area contributed by atoms with E-state index in [-0.39, 0.29) is 10.6 Å². The van der Waals surface area contributed by atoms with E-state index in [4.69, 9.17) is 0 Å². The molecule has 5 rings (SSSR count). The number of hydrogen-bond donors (Lipinski definition) is 0. The number of aryl methyl sites for hydroxylation is 1. The van der Waals surface area contributed by atoms with Gasteiger partial charge in [-0.25, -0.2) is 18.7 Å². The van der Waals surface area contributed by atoms with Crippen molar-refractivity contribution in [3.63, 3.8) is 0 Å². The van der Waals surface area contributed by atoms with Crippen LogP contribution in [0.2, 0.25) is 0 Å². The van der Waals surface area contributed by atoms with Crippen LogP contribution in [0.25, 0.3) is 21.9 Å². The Morgan fingerprint density at radius 3 is 2.56 bits per heavy atom. The topological polar surface area (TPSA) is 80.3 Å². The Labute approximate surface area is 194 Å². The van der Waals surface area contributed by atoms with Gasteiger partial charge in [-0.3, -0.25) is 15.0 Å². The summed E-state index contributed by atoms with van der Waals surface area (Å²) in [5.41, 5.74) is 2.99. The molecular weight excluding hydrogens is 442 g/mol. The van der Waals surface area contributed by atoms with Gasteiger partial charge in [0.25, 0.3) is 5.69 Å². The predicted molar refractivity (Wildman–Crippen MR) is 126 cm³/mol. The third kappa shape index (κ3) is 3.83. The number of halogens is 2. The van der Waals surface area contributed by atoms with Crippen LogP contribution in [-0.4, -0.2) is 57.1 Å². The van der Waals surface area contributed by atoms with Crippen molar-refractivity contribution in [2.75, 3.05) is 37.6 Å². The third-order valence-corrected chi connectivity index (χ3v) is 6.51. The summed E-state index contributed by atoms with van der Waals surface area (Å²) < 4.78 is 28.7. The van der Waals surface area contributed by atoms with Gasteiger partial charge >= 0.3 is 0 Å². The molecule has 2 aromatic heterocycles. The van der Waals surface area contributed by atoms with Crippen molar-refractivity contribution in [1.29, 1.82) is 0 Å². The molecule has 0 radical (unpaired) electrons. The summed E-state index contributed by atoms with van der Waals surface area (Å²) >= 11 is 0. The first kappa shape index (κ1) is 22.1. The second-order valence-corrected chi connectivity index (χ2v) is 8.39. The van der Waals surface area contributed by atoms with Gasteiger partial charge in [0.1, 0.15) is 22.7 Å². The van der Waals surface area contributed by atoms with Crippen LogP contribution in [0.1, 0.15) is 12.5 Å². The zero-order valence-electron chi connectivity index (χ0n) is 18.7. The number of aromatic nitrogens is 3. The number of fused-ring (bicyclic) bond motifs is 3. The van der Waals surface area contributed by atoms with Crippen LogP contribution < -0.4 is 4.90 Å². The van der Waals surface area contributed by atoms with Crippen molar-refractivity contribution in [2.45, 2.75) is 19.9 Å². The fourth-order valence-electron chi connectivity index (χ4n) is 4.79. The fraction of sp³-hybridized carbons (Fsp3) is 0.333. The van der Waals surface area contributed by atoms with Crippen molar-refractivity contribution >= 4 is 33.4 Å². The summed E-state index contributed by atoms with van der Waals surface area (Å²) in [5, 5.41) is 12.2. The summed E-state index contributed by atoms with van der Waals surface area (Å²) in [5.74, 6) is -0.873. The fourth-order valence-corrected chi connectivity index (χ4v) is 4.79. The Morgan fingerprint density at radius 1 is 1.06 bits per heavy atom. The molecule has 8 nitrogen and oxygen atoms in total. The van der Waals surface area contributed by atoms with E-state index < -0.39 is 11.6 Å². The summed E-state index contributed by atoms with van der Waals surface area (Å²) in [4.78, 5) is 24.8. The average Bonchev–Trinajstić information content (AvgIpc) is 3.19. The lowest BCUT2D eigenvalue weighted by molar-refractivity contribution is -0.383. The van der Waals surface area contributed by atoms with E-state index in [1.54, 1.807) is 12.1 Å². The lowest BCUT2D eigenvalue weighted by atomic mass is 10.1. The van der Waals surface area contributed by atoms with E-state index in [0.717, 1.165) is 55.1 Å². The molecule has 0 amide bonds. The highest BCUT2D eigenvalue weighted by atomic mass is 19.2. The number of nitro groups is 1. The molecule has 0 spiro atoms. The number of rotatable bonds is 6. The highest BCUT2D eigenvalue weighted by molar-refractivity contribution is 6.13. The largest absolute Gasteiger partial charge is 0.352 e. The molecule has 1 aliphatic heterocycles. The lowest BCUT2D eigenvalue weighted by Gasteiger charge is -2.35. The molecule has 0 unspecified atom stereocenters. The minimum absolute atomic E-state index is 0.0430. The number of nitro benzene ring substituents is 1. The van der Waals surface area contributed by atoms with Crippen LogP contribution in [0, 0.1) is 21.7 Å². The van der Waals surface area contributed by atoms with E-state index in [1.807, 2.05) is 17.6 Å². The Morgan fingerprint density at radius 2 is 1.85 bits per heavy atom. The first-order valence-corrected chi connectivity index (χ1v) is 11.3. The van der Waals surface area contributed by atoms with Crippen molar-refractivity contribution in [3.8, 4) is 0 Å². The molecule has 0 aliphatic carbocycles. The average molecular weight is 466 g/mol. The normalized spacial score (nSPS) is 14.9. The van der Waals surface area contributed by atoms with Crippen LogP contribution in [0.5, 0.6) is 0 Å². The second kappa shape index (κ2) is 8.94. The summed E-state index contributed by atoms with van der Waals surface area (Å²) in [6, 6.07) is 9.13. The molecule has 0 N–H and O–H groups in total. The molecule has 2 aromatic carbocycles. The van der Waals surface area contributed by atoms with Gasteiger partial charge < -0.3 is 9.47 Å². The second-order valence-electron chi connectivity index (χ2n) is 8.39. The molecule has 1 aliphatic rings. The molecule has 0 saturated carbocycles. The van der Waals surface area contributed by atoms with E-state index in [2.05, 4.69) is 19.8 Å². The molecule has 1 saturated heterocycles. The monoisotopic (exact) mass is 466 g/mol. The Bertz CT molecular complexity index is 1380. The first-order valence-electron chi connectivity index (χ1n) is 11.3. The maximum absolute atomic E-state index is 13.5. The van der Waals surface area contributed by atoms with Gasteiger partial charge in [0, 0.05) is 45.3 Å². The smallest absolute Gasteiger partial charge is 0.280 e. The van der Waals surface area contributed by atoms with E-state index in [9.17, 15) is 18.9 Å². The highest BCUT2D eigenvalue weighted by Gasteiger charge is 2.26. The number of benzene rings is 2. The van der Waals surface area contributed by atoms with Gasteiger partial charge in [-0.05, 0) is 37.1 Å². The van der Waals surface area contributed by atoms with Crippen molar-refractivity contribution < 1.29 is 13.7 Å². The van der Waals surface area contributed by atoms with Gasteiger partial charge in [0.2, 0.25) is 0 Å². The van der Waals surface area contributed by atoms with Crippen LogP contribution in [-0.2, 0) is 13.0 Å². The number of nitrogens with zero attached hydrogens (tertiary/aromatic N) is 6. The maximum Gasteiger partial charge on any atom is 0.280 e. The van der Waals surface area contributed by atoms with Crippen molar-refractivity contribution in [3.05, 3.63) is 70.0 Å². The quantitative estimate of drug-likeness (QED) is 0.314. The van der Waals surface area contributed by atoms with Gasteiger partial charge in [-0.1, -0.05) is 12.1 Å². The minimum Gasteiger partial charge on any atom is -0.352 e. The van der Waals surface area contributed by atoms with Crippen LogP contribution in [0.4, 0.5) is 20.3 Å². The van der Waals surface area contributed by atoms with E-state index in [0.29, 0.717) is 23.9 Å². The molecule has 10 heteroatoms. The molecule has 3 heterocycles. The molecule has 0 atom stereocenters. The summed E-state index contributed by atoms with van der Waals surface area (Å²) in [6.07, 6.45) is 2.12. The Balaban J connectivity index is 1.39. The first-order chi connectivity index (χ1) is 16.5. The van der Waals surface area contributed by atoms with Gasteiger partial charge in [-0.2, -0.15) is 0 Å². The van der Waals surface area contributed by atoms with Crippen LogP contribution in [0.15, 0.2) is 42.7 Å². The molecule has 0 bridgehead atoms. The molecule has 4 aromatic rings. The number of anilines is 1. The molecule has 34 heavy (non-hydrogen) atoms. The zero-order chi connectivity index (χ0) is 23.8. The van der Waals surface area contributed by atoms with Crippen LogP contribution >= 0.6 is 0 Å². The Hall–Kier alpha value is -3.66. The zero-order valence-corrected chi connectivity index (χ0v) is 18.7. The van der Waals surface area contributed by atoms with Crippen molar-refractivity contribution in [2.24, 2.45) is 0 Å². The molecule has 1 fully saturated rings. The highest BCUT2D eigenvalue weighted by Crippen LogP contribution is 2.37. The third-order valence-electron chi connectivity index (χ3n) is 6.51. The summed E-state index contributed by atoms with van der Waals surface area (Å²) in [7, 11) is 0. The van der Waals surface area contributed by atoms with Crippen molar-refractivity contribution in [1.82, 2.24) is 19.4 Å². The Kier molecular flexibility index (Phi) is 5.82. The summed E-state index contributed by atoms with van der Waals surface area (Å²) in [6.45, 7) is 6.44. The van der Waals surface area contributed by atoms with Gasteiger partial charge in [-0.15, -0.1) is 0 Å². The number of piperazine rings is 1. The minimum atomic E-state index is -0.830. The SMILES string of the molecule is CCn1c2cccc([N+](=O)[O-])c2c2ncnc(N3CCN(CCc4ccc(F)c(F)c4)CC3)c21. The lowest BCUT2D eigenvalue weighted by Crippen LogP contribution is -2.47. The van der Waals surface area contributed by atoms with Gasteiger partial charge in [0.15, 0.2) is 17.5 Å². The molecular formula is C24H24F2N6O2. The number of hydrogen-bond acceptors (Lipinski definition) is 6. The maximum atomic E-state index is 13.5.